The van der Waals surface area contributed by atoms with Gasteiger partial charge >= 0.3 is 0 Å². The Hall–Kier alpha value is -2.50. The fourth-order valence-electron chi connectivity index (χ4n) is 3.07. The first-order chi connectivity index (χ1) is 13.1. The van der Waals surface area contributed by atoms with Crippen LogP contribution in [0.25, 0.3) is 0 Å². The Labute approximate surface area is 163 Å². The highest BCUT2D eigenvalue weighted by Crippen LogP contribution is 2.26. The van der Waals surface area contributed by atoms with Gasteiger partial charge in [0.2, 0.25) is 5.91 Å². The number of benzene rings is 2. The SMILES string of the molecule is CCc1cccc(C)c1NC(=O)CNC(c1ccc(F)cc1)c1cccs1. The summed E-state index contributed by atoms with van der Waals surface area (Å²) in [6.07, 6.45) is 0.859. The predicted octanol–water partition coefficient (Wildman–Crippen LogP) is 5.08. The maximum Gasteiger partial charge on any atom is 0.238 e. The van der Waals surface area contributed by atoms with E-state index in [2.05, 4.69) is 17.6 Å². The second-order valence-electron chi connectivity index (χ2n) is 6.39. The van der Waals surface area contributed by atoms with Crippen molar-refractivity contribution < 1.29 is 9.18 Å². The van der Waals surface area contributed by atoms with Gasteiger partial charge in [-0.1, -0.05) is 43.3 Å². The van der Waals surface area contributed by atoms with E-state index in [1.54, 1.807) is 23.5 Å². The summed E-state index contributed by atoms with van der Waals surface area (Å²) in [5.41, 5.74) is 3.99. The fourth-order valence-corrected chi connectivity index (χ4v) is 3.90. The Morgan fingerprint density at radius 2 is 1.89 bits per heavy atom. The minimum Gasteiger partial charge on any atom is -0.324 e. The van der Waals surface area contributed by atoms with Crippen LogP contribution in [0.5, 0.6) is 0 Å². The molecule has 0 aliphatic rings. The number of thiophene rings is 1. The van der Waals surface area contributed by atoms with Crippen LogP contribution in [-0.2, 0) is 11.2 Å². The molecule has 0 radical (unpaired) electrons. The maximum atomic E-state index is 13.3. The second kappa shape index (κ2) is 8.93. The van der Waals surface area contributed by atoms with Crippen molar-refractivity contribution in [3.8, 4) is 0 Å². The van der Waals surface area contributed by atoms with Crippen molar-refractivity contribution in [2.24, 2.45) is 0 Å². The van der Waals surface area contributed by atoms with Gasteiger partial charge in [-0.3, -0.25) is 10.1 Å². The molecule has 0 spiro atoms. The summed E-state index contributed by atoms with van der Waals surface area (Å²) in [4.78, 5) is 13.6. The second-order valence-corrected chi connectivity index (χ2v) is 7.37. The zero-order valence-electron chi connectivity index (χ0n) is 15.5. The minimum atomic E-state index is -0.270. The number of carbonyl (C=O) groups is 1. The van der Waals surface area contributed by atoms with Gasteiger partial charge in [0.1, 0.15) is 5.82 Å². The van der Waals surface area contributed by atoms with Gasteiger partial charge in [-0.25, -0.2) is 4.39 Å². The molecule has 3 rings (SSSR count). The number of anilines is 1. The van der Waals surface area contributed by atoms with E-state index in [4.69, 9.17) is 0 Å². The highest BCUT2D eigenvalue weighted by atomic mass is 32.1. The smallest absolute Gasteiger partial charge is 0.238 e. The van der Waals surface area contributed by atoms with Crippen LogP contribution >= 0.6 is 11.3 Å². The number of aryl methyl sites for hydroxylation is 2. The van der Waals surface area contributed by atoms with Gasteiger partial charge < -0.3 is 5.32 Å². The molecule has 1 amide bonds. The van der Waals surface area contributed by atoms with Crippen molar-refractivity contribution in [3.63, 3.8) is 0 Å². The van der Waals surface area contributed by atoms with E-state index in [9.17, 15) is 9.18 Å². The third-order valence-corrected chi connectivity index (χ3v) is 5.44. The van der Waals surface area contributed by atoms with E-state index in [0.29, 0.717) is 0 Å². The minimum absolute atomic E-state index is 0.0948. The molecule has 27 heavy (non-hydrogen) atoms. The molecule has 5 heteroatoms. The van der Waals surface area contributed by atoms with Crippen LogP contribution in [0.1, 0.15) is 34.5 Å². The molecule has 1 aromatic heterocycles. The van der Waals surface area contributed by atoms with Crippen LogP contribution in [-0.4, -0.2) is 12.5 Å². The topological polar surface area (TPSA) is 41.1 Å². The van der Waals surface area contributed by atoms with Gasteiger partial charge in [0, 0.05) is 10.6 Å². The number of halogens is 1. The number of nitrogens with one attached hydrogen (secondary N) is 2. The first-order valence-corrected chi connectivity index (χ1v) is 9.87. The van der Waals surface area contributed by atoms with E-state index in [1.807, 2.05) is 42.6 Å². The van der Waals surface area contributed by atoms with Crippen molar-refractivity contribution >= 4 is 22.9 Å². The number of para-hydroxylation sites is 1. The first kappa shape index (κ1) is 19.3. The Morgan fingerprint density at radius 3 is 2.56 bits per heavy atom. The Bertz CT molecular complexity index is 891. The molecule has 2 aromatic carbocycles. The molecule has 2 N–H and O–H groups in total. The zero-order valence-corrected chi connectivity index (χ0v) is 16.3. The number of carbonyl (C=O) groups excluding carboxylic acids is 1. The molecular weight excluding hydrogens is 359 g/mol. The zero-order chi connectivity index (χ0) is 19.2. The van der Waals surface area contributed by atoms with Gasteiger partial charge in [0.25, 0.3) is 0 Å². The Kier molecular flexibility index (Phi) is 6.37. The van der Waals surface area contributed by atoms with Crippen molar-refractivity contribution in [1.82, 2.24) is 5.32 Å². The molecule has 0 bridgehead atoms. The molecule has 0 saturated heterocycles. The van der Waals surface area contributed by atoms with Crippen molar-refractivity contribution in [2.45, 2.75) is 26.3 Å². The Morgan fingerprint density at radius 1 is 1.11 bits per heavy atom. The summed E-state index contributed by atoms with van der Waals surface area (Å²) in [6.45, 7) is 4.23. The highest BCUT2D eigenvalue weighted by molar-refractivity contribution is 7.10. The van der Waals surface area contributed by atoms with Crippen LogP contribution in [0.3, 0.4) is 0 Å². The summed E-state index contributed by atoms with van der Waals surface area (Å²) in [5.74, 6) is -0.365. The third kappa shape index (κ3) is 4.81. The molecule has 0 saturated carbocycles. The van der Waals surface area contributed by atoms with Gasteiger partial charge in [-0.15, -0.1) is 11.3 Å². The predicted molar refractivity (Wildman–Crippen MR) is 110 cm³/mol. The van der Waals surface area contributed by atoms with Crippen molar-refractivity contribution in [3.05, 3.63) is 87.4 Å². The Balaban J connectivity index is 1.72. The summed E-state index contributed by atoms with van der Waals surface area (Å²) in [5, 5.41) is 8.34. The first-order valence-electron chi connectivity index (χ1n) is 8.99. The number of hydrogen-bond acceptors (Lipinski definition) is 3. The third-order valence-electron chi connectivity index (χ3n) is 4.50. The van der Waals surface area contributed by atoms with E-state index in [-0.39, 0.29) is 24.3 Å². The van der Waals surface area contributed by atoms with E-state index in [0.717, 1.165) is 33.7 Å². The lowest BCUT2D eigenvalue weighted by Gasteiger charge is -2.19. The number of hydrogen-bond donors (Lipinski definition) is 2. The van der Waals surface area contributed by atoms with Crippen LogP contribution in [0.15, 0.2) is 60.0 Å². The molecule has 0 aliphatic carbocycles. The van der Waals surface area contributed by atoms with Crippen LogP contribution in [0.2, 0.25) is 0 Å². The maximum absolute atomic E-state index is 13.3. The normalized spacial score (nSPS) is 12.0. The van der Waals surface area contributed by atoms with E-state index >= 15 is 0 Å². The monoisotopic (exact) mass is 382 g/mol. The quantitative estimate of drug-likeness (QED) is 0.599. The summed E-state index contributed by atoms with van der Waals surface area (Å²) in [7, 11) is 0. The van der Waals surface area contributed by atoms with Gasteiger partial charge in [0.15, 0.2) is 0 Å². The van der Waals surface area contributed by atoms with E-state index in [1.165, 1.54) is 12.1 Å². The summed E-state index contributed by atoms with van der Waals surface area (Å²) in [6, 6.07) is 16.2. The van der Waals surface area contributed by atoms with Crippen molar-refractivity contribution in [1.29, 1.82) is 0 Å². The molecule has 1 heterocycles. The lowest BCUT2D eigenvalue weighted by molar-refractivity contribution is -0.115. The van der Waals surface area contributed by atoms with Crippen LogP contribution < -0.4 is 10.6 Å². The molecule has 1 unspecified atom stereocenters. The molecule has 140 valence electrons. The number of rotatable bonds is 7. The molecule has 3 aromatic rings. The standard InChI is InChI=1S/C22H23FN2OS/c1-3-16-7-4-6-15(2)21(16)25-20(26)14-24-22(19-8-5-13-27-19)17-9-11-18(23)12-10-17/h4-13,22,24H,3,14H2,1-2H3,(H,25,26). The van der Waals surface area contributed by atoms with Gasteiger partial charge in [0.05, 0.1) is 12.6 Å². The molecule has 0 fully saturated rings. The summed E-state index contributed by atoms with van der Waals surface area (Å²) < 4.78 is 13.3. The average Bonchev–Trinajstić information content (AvgIpc) is 3.19. The molecule has 3 nitrogen and oxygen atoms in total. The van der Waals surface area contributed by atoms with Crippen LogP contribution in [0.4, 0.5) is 10.1 Å². The van der Waals surface area contributed by atoms with Crippen molar-refractivity contribution in [2.75, 3.05) is 11.9 Å². The highest BCUT2D eigenvalue weighted by Gasteiger charge is 2.17. The fraction of sp³-hybridized carbons (Fsp3) is 0.227. The van der Waals surface area contributed by atoms with E-state index < -0.39 is 0 Å². The summed E-state index contributed by atoms with van der Waals surface area (Å²) >= 11 is 1.61. The van der Waals surface area contributed by atoms with Gasteiger partial charge in [-0.05, 0) is 53.6 Å². The lowest BCUT2D eigenvalue weighted by Crippen LogP contribution is -2.32. The molecular formula is C22H23FN2OS. The molecule has 1 atom stereocenters. The van der Waals surface area contributed by atoms with Crippen LogP contribution in [0, 0.1) is 12.7 Å². The number of amides is 1. The molecule has 0 aliphatic heterocycles. The van der Waals surface area contributed by atoms with Gasteiger partial charge in [-0.2, -0.15) is 0 Å². The largest absolute Gasteiger partial charge is 0.324 e. The average molecular weight is 383 g/mol. The lowest BCUT2D eigenvalue weighted by atomic mass is 10.0.